The number of anilines is 1. The topological polar surface area (TPSA) is 55.8 Å². The van der Waals surface area contributed by atoms with E-state index in [-0.39, 0.29) is 0 Å². The fraction of sp³-hybridized carbons (Fsp3) is 0.400. The molecule has 0 aromatic heterocycles. The first-order chi connectivity index (χ1) is 7.79. The molecular formula is C10H13N2O3S-. The van der Waals surface area contributed by atoms with E-state index in [1.807, 2.05) is 18.2 Å². The Morgan fingerprint density at radius 3 is 2.44 bits per heavy atom. The van der Waals surface area contributed by atoms with Crippen LogP contribution in [0.4, 0.5) is 5.69 Å². The molecule has 1 heterocycles. The number of benzene rings is 1. The van der Waals surface area contributed by atoms with Crippen molar-refractivity contribution in [2.45, 2.75) is 0 Å². The molecule has 1 aromatic rings. The van der Waals surface area contributed by atoms with Gasteiger partial charge < -0.3 is 9.29 Å². The van der Waals surface area contributed by atoms with Gasteiger partial charge in [0.25, 0.3) is 0 Å². The number of nitrogens with zero attached hydrogens (tertiary/aromatic N) is 2. The first-order valence-electron chi connectivity index (χ1n) is 5.06. The summed E-state index contributed by atoms with van der Waals surface area (Å²) in [6.45, 7) is 2.28. The maximum atomic E-state index is 11.2. The maximum Gasteiger partial charge on any atom is 0.0664 e. The highest BCUT2D eigenvalue weighted by atomic mass is 32.2. The highest BCUT2D eigenvalue weighted by Gasteiger charge is 2.19. The molecule has 6 heteroatoms. The van der Waals surface area contributed by atoms with Crippen LogP contribution in [0.25, 0.3) is 0 Å². The van der Waals surface area contributed by atoms with E-state index in [4.69, 9.17) is 4.74 Å². The molecule has 0 radical (unpaired) electrons. The van der Waals surface area contributed by atoms with Crippen LogP contribution in [0.5, 0.6) is 0 Å². The van der Waals surface area contributed by atoms with Crippen LogP contribution in [0.3, 0.4) is 0 Å². The van der Waals surface area contributed by atoms with Crippen LogP contribution in [0.15, 0.2) is 30.3 Å². The van der Waals surface area contributed by atoms with E-state index in [0.717, 1.165) is 0 Å². The molecule has 16 heavy (non-hydrogen) atoms. The number of hydrazine groups is 1. The average Bonchev–Trinajstić information content (AvgIpc) is 2.31. The molecule has 0 N–H and O–H groups in total. The summed E-state index contributed by atoms with van der Waals surface area (Å²) in [5.41, 5.74) is 0.651. The molecule has 1 aromatic carbocycles. The van der Waals surface area contributed by atoms with E-state index >= 15 is 0 Å². The lowest BCUT2D eigenvalue weighted by Gasteiger charge is -2.39. The van der Waals surface area contributed by atoms with Crippen LogP contribution in [0.2, 0.25) is 0 Å². The Morgan fingerprint density at radius 2 is 1.88 bits per heavy atom. The normalized spacial score (nSPS) is 19.3. The van der Waals surface area contributed by atoms with Gasteiger partial charge >= 0.3 is 0 Å². The highest BCUT2D eigenvalue weighted by molar-refractivity contribution is 7.80. The lowest BCUT2D eigenvalue weighted by Crippen LogP contribution is -2.49. The number of hydrogen-bond donors (Lipinski definition) is 0. The molecule has 1 saturated heterocycles. The van der Waals surface area contributed by atoms with Gasteiger partial charge in [-0.1, -0.05) is 18.2 Å². The van der Waals surface area contributed by atoms with Crippen molar-refractivity contribution in [1.29, 1.82) is 0 Å². The minimum absolute atomic E-state index is 0.556. The number of morpholine rings is 1. The van der Waals surface area contributed by atoms with Crippen molar-refractivity contribution in [3.8, 4) is 0 Å². The van der Waals surface area contributed by atoms with Crippen molar-refractivity contribution in [1.82, 2.24) is 5.01 Å². The molecule has 1 unspecified atom stereocenters. The zero-order valence-electron chi connectivity index (χ0n) is 8.74. The Balaban J connectivity index is 2.20. The smallest absolute Gasteiger partial charge is 0.0664 e. The fourth-order valence-electron chi connectivity index (χ4n) is 1.63. The molecule has 1 aliphatic rings. The second kappa shape index (κ2) is 5.40. The molecular weight excluding hydrogens is 228 g/mol. The molecule has 0 aliphatic carbocycles. The van der Waals surface area contributed by atoms with E-state index in [1.165, 1.54) is 4.41 Å². The van der Waals surface area contributed by atoms with Crippen LogP contribution in [-0.4, -0.2) is 40.1 Å². The molecule has 1 fully saturated rings. The molecule has 1 aliphatic heterocycles. The van der Waals surface area contributed by atoms with E-state index in [2.05, 4.69) is 0 Å². The monoisotopic (exact) mass is 241 g/mol. The van der Waals surface area contributed by atoms with E-state index in [0.29, 0.717) is 32.0 Å². The number of para-hydroxylation sites is 1. The summed E-state index contributed by atoms with van der Waals surface area (Å²) in [5.74, 6) is 0. The molecule has 2 rings (SSSR count). The summed E-state index contributed by atoms with van der Waals surface area (Å²) in [5, 5.41) is 1.77. The Labute approximate surface area is 97.0 Å². The van der Waals surface area contributed by atoms with Crippen LogP contribution in [0.1, 0.15) is 0 Å². The highest BCUT2D eigenvalue weighted by Crippen LogP contribution is 2.18. The predicted octanol–water partition coefficient (Wildman–Crippen LogP) is 0.534. The lowest BCUT2D eigenvalue weighted by molar-refractivity contribution is 0.0407. The summed E-state index contributed by atoms with van der Waals surface area (Å²) in [4.78, 5) is 0. The second-order valence-electron chi connectivity index (χ2n) is 3.39. The van der Waals surface area contributed by atoms with E-state index < -0.39 is 11.3 Å². The molecule has 0 amide bonds. The summed E-state index contributed by atoms with van der Waals surface area (Å²) in [6, 6.07) is 9.02. The number of ether oxygens (including phenoxy) is 1. The Bertz CT molecular complexity index is 354. The van der Waals surface area contributed by atoms with Crippen LogP contribution >= 0.6 is 0 Å². The average molecular weight is 241 g/mol. The van der Waals surface area contributed by atoms with Gasteiger partial charge in [0.2, 0.25) is 0 Å². The summed E-state index contributed by atoms with van der Waals surface area (Å²) in [6.07, 6.45) is 0. The summed E-state index contributed by atoms with van der Waals surface area (Å²) < 4.78 is 29.0. The van der Waals surface area contributed by atoms with Gasteiger partial charge in [-0.05, 0) is 12.1 Å². The number of rotatable bonds is 3. The first-order valence-corrected chi connectivity index (χ1v) is 6.09. The molecule has 5 nitrogen and oxygen atoms in total. The summed E-state index contributed by atoms with van der Waals surface area (Å²) >= 11 is -2.30. The van der Waals surface area contributed by atoms with Gasteiger partial charge in [0.15, 0.2) is 0 Å². The van der Waals surface area contributed by atoms with Crippen molar-refractivity contribution in [3.63, 3.8) is 0 Å². The van der Waals surface area contributed by atoms with Crippen LogP contribution in [0, 0.1) is 0 Å². The minimum atomic E-state index is -2.30. The van der Waals surface area contributed by atoms with Crippen LogP contribution < -0.4 is 4.41 Å². The maximum absolute atomic E-state index is 11.2. The molecule has 1 atom stereocenters. The van der Waals surface area contributed by atoms with Crippen molar-refractivity contribution < 1.29 is 13.5 Å². The molecule has 0 bridgehead atoms. The standard InChI is InChI=1S/C10H14N2O3S/c13-16(14)12(10-4-2-1-3-5-10)11-6-8-15-9-7-11/h1-5H,6-9H2,(H,13,14)/p-1. The molecule has 0 saturated carbocycles. The lowest BCUT2D eigenvalue weighted by atomic mass is 10.3. The number of hydrogen-bond acceptors (Lipinski definition) is 4. The minimum Gasteiger partial charge on any atom is -0.754 e. The van der Waals surface area contributed by atoms with Crippen molar-refractivity contribution in [2.24, 2.45) is 0 Å². The summed E-state index contributed by atoms with van der Waals surface area (Å²) in [7, 11) is 0. The van der Waals surface area contributed by atoms with Gasteiger partial charge in [-0.25, -0.2) is 9.42 Å². The van der Waals surface area contributed by atoms with Gasteiger partial charge in [0.05, 0.1) is 30.2 Å². The van der Waals surface area contributed by atoms with Crippen molar-refractivity contribution in [3.05, 3.63) is 30.3 Å². The van der Waals surface area contributed by atoms with E-state index in [1.54, 1.807) is 17.1 Å². The Hall–Kier alpha value is -0.950. The predicted molar refractivity (Wildman–Crippen MR) is 60.2 cm³/mol. The van der Waals surface area contributed by atoms with Gasteiger partial charge in [0, 0.05) is 13.1 Å². The first kappa shape index (κ1) is 11.5. The second-order valence-corrected chi connectivity index (χ2v) is 4.17. The zero-order chi connectivity index (χ0) is 11.4. The van der Waals surface area contributed by atoms with Crippen molar-refractivity contribution >= 4 is 17.0 Å². The van der Waals surface area contributed by atoms with Gasteiger partial charge in [-0.2, -0.15) is 0 Å². The van der Waals surface area contributed by atoms with Gasteiger partial charge in [-0.15, -0.1) is 0 Å². The zero-order valence-corrected chi connectivity index (χ0v) is 9.56. The third-order valence-electron chi connectivity index (χ3n) is 2.36. The molecule has 88 valence electrons. The third kappa shape index (κ3) is 2.59. The fourth-order valence-corrected chi connectivity index (χ4v) is 2.28. The van der Waals surface area contributed by atoms with Crippen LogP contribution in [-0.2, 0) is 16.0 Å². The van der Waals surface area contributed by atoms with Gasteiger partial charge in [0.1, 0.15) is 0 Å². The SMILES string of the molecule is O=S([O-])N(c1ccccc1)N1CCOCC1. The molecule has 0 spiro atoms. The Kier molecular flexibility index (Phi) is 3.89. The van der Waals surface area contributed by atoms with E-state index in [9.17, 15) is 8.76 Å². The quantitative estimate of drug-likeness (QED) is 0.725. The largest absolute Gasteiger partial charge is 0.754 e. The Morgan fingerprint density at radius 1 is 1.25 bits per heavy atom. The third-order valence-corrected chi connectivity index (χ3v) is 3.09. The van der Waals surface area contributed by atoms with Gasteiger partial charge in [-0.3, -0.25) is 4.21 Å². The van der Waals surface area contributed by atoms with Crippen molar-refractivity contribution in [2.75, 3.05) is 30.7 Å².